The molecule has 0 N–H and O–H groups in total. The Bertz CT molecular complexity index is 278. The standard InChI is InChI=1S/C9H14N2O/c1-4-7(2)11-5-9(6-12)8(3)10-11/h5-7H,4H2,1-3H3. The summed E-state index contributed by atoms with van der Waals surface area (Å²) in [6, 6.07) is 0.373. The maximum absolute atomic E-state index is 10.5. The van der Waals surface area contributed by atoms with Crippen LogP contribution in [0.1, 0.15) is 42.4 Å². The van der Waals surface area contributed by atoms with Crippen LogP contribution < -0.4 is 0 Å². The summed E-state index contributed by atoms with van der Waals surface area (Å²) in [5.41, 5.74) is 1.50. The molecule has 0 saturated heterocycles. The van der Waals surface area contributed by atoms with Crippen LogP contribution in [0.3, 0.4) is 0 Å². The molecule has 1 unspecified atom stereocenters. The van der Waals surface area contributed by atoms with E-state index in [4.69, 9.17) is 0 Å². The van der Waals surface area contributed by atoms with Crippen LogP contribution >= 0.6 is 0 Å². The predicted octanol–water partition coefficient (Wildman–Crippen LogP) is 1.98. The molecular weight excluding hydrogens is 152 g/mol. The van der Waals surface area contributed by atoms with Crippen molar-refractivity contribution >= 4 is 6.29 Å². The van der Waals surface area contributed by atoms with Crippen molar-refractivity contribution in [1.82, 2.24) is 9.78 Å². The molecular formula is C9H14N2O. The van der Waals surface area contributed by atoms with E-state index in [-0.39, 0.29) is 0 Å². The largest absolute Gasteiger partial charge is 0.298 e. The van der Waals surface area contributed by atoms with Crippen LogP contribution in [-0.4, -0.2) is 16.1 Å². The zero-order valence-electron chi connectivity index (χ0n) is 7.74. The van der Waals surface area contributed by atoms with Gasteiger partial charge in [0.25, 0.3) is 0 Å². The molecule has 1 rings (SSSR count). The normalized spacial score (nSPS) is 12.9. The molecule has 0 aliphatic heterocycles. The SMILES string of the molecule is CCC(C)n1cc(C=O)c(C)n1. The Labute approximate surface area is 72.4 Å². The van der Waals surface area contributed by atoms with Crippen LogP contribution in [0, 0.1) is 6.92 Å². The van der Waals surface area contributed by atoms with E-state index in [0.29, 0.717) is 11.6 Å². The summed E-state index contributed by atoms with van der Waals surface area (Å²) in [6.45, 7) is 6.03. The molecule has 0 aromatic carbocycles. The number of hydrogen-bond acceptors (Lipinski definition) is 2. The van der Waals surface area contributed by atoms with E-state index in [1.54, 1.807) is 6.20 Å². The zero-order chi connectivity index (χ0) is 9.14. The van der Waals surface area contributed by atoms with Gasteiger partial charge in [0.2, 0.25) is 0 Å². The molecule has 0 aliphatic carbocycles. The average Bonchev–Trinajstić information content (AvgIpc) is 2.45. The minimum atomic E-state index is 0.373. The predicted molar refractivity (Wildman–Crippen MR) is 47.4 cm³/mol. The number of nitrogens with zero attached hydrogens (tertiary/aromatic N) is 2. The Morgan fingerprint density at radius 3 is 2.83 bits per heavy atom. The lowest BCUT2D eigenvalue weighted by Gasteiger charge is -2.07. The summed E-state index contributed by atoms with van der Waals surface area (Å²) >= 11 is 0. The molecule has 0 bridgehead atoms. The van der Waals surface area contributed by atoms with Gasteiger partial charge in [-0.1, -0.05) is 6.92 Å². The second-order valence-electron chi connectivity index (χ2n) is 3.02. The van der Waals surface area contributed by atoms with Crippen molar-refractivity contribution in [3.8, 4) is 0 Å². The first-order chi connectivity index (χ1) is 5.69. The number of rotatable bonds is 3. The molecule has 1 heterocycles. The van der Waals surface area contributed by atoms with Crippen LogP contribution in [0.15, 0.2) is 6.20 Å². The van der Waals surface area contributed by atoms with Gasteiger partial charge in [0, 0.05) is 12.2 Å². The lowest BCUT2D eigenvalue weighted by Crippen LogP contribution is -2.03. The van der Waals surface area contributed by atoms with E-state index >= 15 is 0 Å². The Morgan fingerprint density at radius 1 is 1.75 bits per heavy atom. The number of hydrogen-bond donors (Lipinski definition) is 0. The molecule has 66 valence electrons. The molecule has 0 amide bonds. The molecule has 3 nitrogen and oxygen atoms in total. The van der Waals surface area contributed by atoms with E-state index in [1.807, 2.05) is 11.6 Å². The van der Waals surface area contributed by atoms with Crippen molar-refractivity contribution in [3.05, 3.63) is 17.5 Å². The van der Waals surface area contributed by atoms with Crippen LogP contribution in [0.4, 0.5) is 0 Å². The quantitative estimate of drug-likeness (QED) is 0.643. The fourth-order valence-electron chi connectivity index (χ4n) is 1.02. The molecule has 0 aliphatic rings. The molecule has 1 atom stereocenters. The van der Waals surface area contributed by atoms with Gasteiger partial charge in [0.1, 0.15) is 0 Å². The maximum atomic E-state index is 10.5. The molecule has 0 radical (unpaired) electrons. The maximum Gasteiger partial charge on any atom is 0.153 e. The fourth-order valence-corrected chi connectivity index (χ4v) is 1.02. The highest BCUT2D eigenvalue weighted by Crippen LogP contribution is 2.11. The monoisotopic (exact) mass is 166 g/mol. The van der Waals surface area contributed by atoms with Crippen molar-refractivity contribution in [1.29, 1.82) is 0 Å². The second-order valence-corrected chi connectivity index (χ2v) is 3.02. The molecule has 12 heavy (non-hydrogen) atoms. The highest BCUT2D eigenvalue weighted by atomic mass is 16.1. The van der Waals surface area contributed by atoms with Crippen molar-refractivity contribution in [2.75, 3.05) is 0 Å². The minimum absolute atomic E-state index is 0.373. The van der Waals surface area contributed by atoms with Crippen LogP contribution in [0.5, 0.6) is 0 Å². The smallest absolute Gasteiger partial charge is 0.153 e. The summed E-state index contributed by atoms with van der Waals surface area (Å²) in [4.78, 5) is 10.5. The van der Waals surface area contributed by atoms with Gasteiger partial charge in [0.15, 0.2) is 6.29 Å². The zero-order valence-corrected chi connectivity index (χ0v) is 7.74. The van der Waals surface area contributed by atoms with Crippen molar-refractivity contribution < 1.29 is 4.79 Å². The van der Waals surface area contributed by atoms with Gasteiger partial charge < -0.3 is 0 Å². The molecule has 0 spiro atoms. The molecule has 3 heteroatoms. The van der Waals surface area contributed by atoms with Gasteiger partial charge in [-0.15, -0.1) is 0 Å². The van der Waals surface area contributed by atoms with Gasteiger partial charge in [-0.3, -0.25) is 9.48 Å². The molecule has 1 aromatic heterocycles. The number of aldehydes is 1. The van der Waals surface area contributed by atoms with Crippen molar-refractivity contribution in [2.45, 2.75) is 33.2 Å². The van der Waals surface area contributed by atoms with Crippen molar-refractivity contribution in [3.63, 3.8) is 0 Å². The summed E-state index contributed by atoms with van der Waals surface area (Å²) in [5.74, 6) is 0. The number of aromatic nitrogens is 2. The molecule has 1 aromatic rings. The molecule has 0 saturated carbocycles. The summed E-state index contributed by atoms with van der Waals surface area (Å²) < 4.78 is 1.85. The second kappa shape index (κ2) is 3.52. The first-order valence-corrected chi connectivity index (χ1v) is 4.20. The molecule has 0 fully saturated rings. The average molecular weight is 166 g/mol. The highest BCUT2D eigenvalue weighted by molar-refractivity contribution is 5.75. The Kier molecular flexibility index (Phi) is 2.63. The van der Waals surface area contributed by atoms with E-state index in [2.05, 4.69) is 18.9 Å². The van der Waals surface area contributed by atoms with Gasteiger partial charge in [0.05, 0.1) is 11.3 Å². The fraction of sp³-hybridized carbons (Fsp3) is 0.556. The van der Waals surface area contributed by atoms with Gasteiger partial charge in [-0.2, -0.15) is 5.10 Å². The number of aryl methyl sites for hydroxylation is 1. The minimum Gasteiger partial charge on any atom is -0.298 e. The lowest BCUT2D eigenvalue weighted by atomic mass is 10.2. The third kappa shape index (κ3) is 1.55. The van der Waals surface area contributed by atoms with Crippen LogP contribution in [-0.2, 0) is 0 Å². The first-order valence-electron chi connectivity index (χ1n) is 4.20. The number of carbonyl (C=O) groups excluding carboxylic acids is 1. The first kappa shape index (κ1) is 8.97. The van der Waals surface area contributed by atoms with E-state index in [0.717, 1.165) is 18.4 Å². The Balaban J connectivity index is 2.96. The topological polar surface area (TPSA) is 34.9 Å². The van der Waals surface area contributed by atoms with Crippen LogP contribution in [0.2, 0.25) is 0 Å². The third-order valence-electron chi connectivity index (χ3n) is 2.12. The lowest BCUT2D eigenvalue weighted by molar-refractivity contribution is 0.112. The van der Waals surface area contributed by atoms with E-state index < -0.39 is 0 Å². The third-order valence-corrected chi connectivity index (χ3v) is 2.12. The Hall–Kier alpha value is -1.12. The number of carbonyl (C=O) groups is 1. The Morgan fingerprint density at radius 2 is 2.42 bits per heavy atom. The summed E-state index contributed by atoms with van der Waals surface area (Å²) in [7, 11) is 0. The van der Waals surface area contributed by atoms with Gasteiger partial charge in [-0.25, -0.2) is 0 Å². The summed E-state index contributed by atoms with van der Waals surface area (Å²) in [5, 5.41) is 4.24. The van der Waals surface area contributed by atoms with Crippen molar-refractivity contribution in [2.24, 2.45) is 0 Å². The van der Waals surface area contributed by atoms with Gasteiger partial charge in [-0.05, 0) is 20.3 Å². The summed E-state index contributed by atoms with van der Waals surface area (Å²) in [6.07, 6.45) is 3.68. The highest BCUT2D eigenvalue weighted by Gasteiger charge is 2.06. The van der Waals surface area contributed by atoms with E-state index in [1.165, 1.54) is 0 Å². The van der Waals surface area contributed by atoms with Gasteiger partial charge >= 0.3 is 0 Å². The van der Waals surface area contributed by atoms with E-state index in [9.17, 15) is 4.79 Å². The van der Waals surface area contributed by atoms with Crippen LogP contribution in [0.25, 0.3) is 0 Å².